The van der Waals surface area contributed by atoms with Gasteiger partial charge in [0, 0.05) is 6.42 Å². The van der Waals surface area contributed by atoms with Crippen LogP contribution >= 0.6 is 11.6 Å². The Kier molecular flexibility index (Phi) is 6.61. The van der Waals surface area contributed by atoms with E-state index in [1.54, 1.807) is 0 Å². The van der Waals surface area contributed by atoms with Crippen LogP contribution in [0.4, 0.5) is 0 Å². The molecular formula is C17H23ClN+. The maximum atomic E-state index is 6.70. The van der Waals surface area contributed by atoms with Gasteiger partial charge in [0.05, 0.1) is 19.6 Å². The smallest absolute Gasteiger partial charge is 0.169 e. The van der Waals surface area contributed by atoms with E-state index in [4.69, 9.17) is 11.6 Å². The summed E-state index contributed by atoms with van der Waals surface area (Å²) in [6, 6.07) is 10.3. The van der Waals surface area contributed by atoms with Crippen molar-refractivity contribution in [2.75, 3.05) is 19.6 Å². The minimum atomic E-state index is -0.0172. The molecule has 0 aliphatic heterocycles. The molecule has 0 radical (unpaired) electrons. The Morgan fingerprint density at radius 2 is 1.42 bits per heavy atom. The molecule has 2 heteroatoms. The topological polar surface area (TPSA) is 0 Å². The molecule has 0 aliphatic carbocycles. The molecule has 0 saturated carbocycles. The van der Waals surface area contributed by atoms with Gasteiger partial charge < -0.3 is 0 Å². The fourth-order valence-electron chi connectivity index (χ4n) is 2.34. The van der Waals surface area contributed by atoms with Gasteiger partial charge >= 0.3 is 0 Å². The van der Waals surface area contributed by atoms with Gasteiger partial charge in [-0.15, -0.1) is 0 Å². The number of nitrogens with zero attached hydrogens (tertiary/aromatic N) is 1. The highest BCUT2D eigenvalue weighted by molar-refractivity contribution is 6.19. The van der Waals surface area contributed by atoms with Gasteiger partial charge in [-0.3, -0.25) is 4.48 Å². The lowest BCUT2D eigenvalue weighted by Gasteiger charge is -2.40. The van der Waals surface area contributed by atoms with Gasteiger partial charge in [-0.25, -0.2) is 0 Å². The molecule has 0 amide bonds. The van der Waals surface area contributed by atoms with Crippen molar-refractivity contribution in [2.24, 2.45) is 0 Å². The predicted molar refractivity (Wildman–Crippen MR) is 85.2 cm³/mol. The summed E-state index contributed by atoms with van der Waals surface area (Å²) < 4.78 is 0.715. The van der Waals surface area contributed by atoms with E-state index in [0.717, 1.165) is 26.1 Å². The molecule has 0 saturated heterocycles. The monoisotopic (exact) mass is 276 g/mol. The van der Waals surface area contributed by atoms with Gasteiger partial charge in [-0.2, -0.15) is 0 Å². The molecule has 1 aromatic rings. The molecule has 0 fully saturated rings. The average molecular weight is 277 g/mol. The van der Waals surface area contributed by atoms with Crippen molar-refractivity contribution < 1.29 is 4.48 Å². The van der Waals surface area contributed by atoms with Gasteiger partial charge in [-0.05, 0) is 23.8 Å². The molecule has 1 rings (SSSR count). The Bertz CT molecular complexity index is 384. The summed E-state index contributed by atoms with van der Waals surface area (Å²) in [5.74, 6) is 0. The maximum absolute atomic E-state index is 6.70. The number of hydrogen-bond donors (Lipinski definition) is 0. The molecule has 19 heavy (non-hydrogen) atoms. The number of alkyl halides is 1. The van der Waals surface area contributed by atoms with Crippen LogP contribution in [0.5, 0.6) is 0 Å². The molecule has 0 heterocycles. The molecule has 1 atom stereocenters. The van der Waals surface area contributed by atoms with Gasteiger partial charge in [0.25, 0.3) is 0 Å². The van der Waals surface area contributed by atoms with Crippen molar-refractivity contribution >= 4 is 11.6 Å². The molecule has 1 unspecified atom stereocenters. The lowest BCUT2D eigenvalue weighted by Crippen LogP contribution is -2.54. The van der Waals surface area contributed by atoms with E-state index in [1.165, 1.54) is 5.56 Å². The number of rotatable bonds is 9. The second kappa shape index (κ2) is 7.98. The molecule has 0 aromatic heterocycles. The van der Waals surface area contributed by atoms with Crippen molar-refractivity contribution in [1.29, 1.82) is 0 Å². The zero-order valence-corrected chi connectivity index (χ0v) is 12.2. The number of hydrogen-bond acceptors (Lipinski definition) is 0. The summed E-state index contributed by atoms with van der Waals surface area (Å²) in [6.07, 6.45) is 6.60. The Labute approximate surface area is 122 Å². The molecule has 1 aromatic carbocycles. The number of halogens is 1. The highest BCUT2D eigenvalue weighted by Gasteiger charge is 2.32. The lowest BCUT2D eigenvalue weighted by molar-refractivity contribution is -0.923. The normalized spacial score (nSPS) is 12.7. The third-order valence-electron chi connectivity index (χ3n) is 3.32. The van der Waals surface area contributed by atoms with Crippen LogP contribution in [0.25, 0.3) is 0 Å². The van der Waals surface area contributed by atoms with Crippen LogP contribution in [-0.4, -0.2) is 29.6 Å². The molecule has 0 bridgehead atoms. The second-order valence-electron chi connectivity index (χ2n) is 4.76. The summed E-state index contributed by atoms with van der Waals surface area (Å²) in [5.41, 5.74) is 1.23. The summed E-state index contributed by atoms with van der Waals surface area (Å²) in [4.78, 5) is 0. The first-order valence-corrected chi connectivity index (χ1v) is 6.98. The average Bonchev–Trinajstić information content (AvgIpc) is 2.40. The van der Waals surface area contributed by atoms with Gasteiger partial charge in [0.15, 0.2) is 5.50 Å². The van der Waals surface area contributed by atoms with Crippen molar-refractivity contribution in [1.82, 2.24) is 0 Å². The van der Waals surface area contributed by atoms with E-state index in [2.05, 4.69) is 31.9 Å². The number of benzene rings is 1. The Balaban J connectivity index is 2.91. The van der Waals surface area contributed by atoms with Crippen LogP contribution in [-0.2, 0) is 6.42 Å². The first kappa shape index (κ1) is 15.7. The Morgan fingerprint density at radius 1 is 0.947 bits per heavy atom. The standard InChI is InChI=1S/C17H23ClN/c1-4-12-19(13-5-2,14-6-3)17(18)15-16-10-8-7-9-11-16/h4-11,17H,1-3,12-15H2/q+1. The van der Waals surface area contributed by atoms with E-state index >= 15 is 0 Å². The van der Waals surface area contributed by atoms with E-state index in [0.29, 0.717) is 4.48 Å². The summed E-state index contributed by atoms with van der Waals surface area (Å²) >= 11 is 6.70. The minimum Gasteiger partial charge on any atom is -0.299 e. The van der Waals surface area contributed by atoms with Crippen LogP contribution in [0.2, 0.25) is 0 Å². The van der Waals surface area contributed by atoms with Gasteiger partial charge in [0.1, 0.15) is 0 Å². The summed E-state index contributed by atoms with van der Waals surface area (Å²) in [7, 11) is 0. The van der Waals surface area contributed by atoms with Crippen molar-refractivity contribution in [3.8, 4) is 0 Å². The third-order valence-corrected chi connectivity index (χ3v) is 3.89. The van der Waals surface area contributed by atoms with Crippen molar-refractivity contribution in [3.05, 3.63) is 73.9 Å². The molecule has 1 nitrogen and oxygen atoms in total. The molecule has 102 valence electrons. The van der Waals surface area contributed by atoms with Crippen molar-refractivity contribution in [3.63, 3.8) is 0 Å². The van der Waals surface area contributed by atoms with E-state index in [1.807, 2.05) is 36.4 Å². The Hall–Kier alpha value is -1.31. The largest absolute Gasteiger partial charge is 0.299 e. The zero-order valence-electron chi connectivity index (χ0n) is 11.5. The highest BCUT2D eigenvalue weighted by atomic mass is 35.5. The first-order valence-electron chi connectivity index (χ1n) is 6.55. The highest BCUT2D eigenvalue weighted by Crippen LogP contribution is 2.22. The van der Waals surface area contributed by atoms with Crippen LogP contribution in [0, 0.1) is 0 Å². The van der Waals surface area contributed by atoms with Gasteiger partial charge in [-0.1, -0.05) is 61.7 Å². The van der Waals surface area contributed by atoms with E-state index in [-0.39, 0.29) is 5.50 Å². The van der Waals surface area contributed by atoms with E-state index < -0.39 is 0 Å². The Morgan fingerprint density at radius 3 is 1.84 bits per heavy atom. The predicted octanol–water partition coefficient (Wildman–Crippen LogP) is 4.17. The van der Waals surface area contributed by atoms with Crippen LogP contribution in [0.3, 0.4) is 0 Å². The minimum absolute atomic E-state index is 0.0172. The lowest BCUT2D eigenvalue weighted by atomic mass is 10.1. The van der Waals surface area contributed by atoms with Crippen molar-refractivity contribution in [2.45, 2.75) is 11.9 Å². The fourth-order valence-corrected chi connectivity index (χ4v) is 2.76. The SMILES string of the molecule is C=CC[N+](CC=C)(CC=C)C(Cl)Cc1ccccc1. The number of quaternary nitrogens is 1. The second-order valence-corrected chi connectivity index (χ2v) is 5.26. The van der Waals surface area contributed by atoms with Crippen LogP contribution in [0.15, 0.2) is 68.3 Å². The molecule has 0 spiro atoms. The van der Waals surface area contributed by atoms with Gasteiger partial charge in [0.2, 0.25) is 0 Å². The third kappa shape index (κ3) is 4.38. The summed E-state index contributed by atoms with van der Waals surface area (Å²) in [6.45, 7) is 14.0. The summed E-state index contributed by atoms with van der Waals surface area (Å²) in [5, 5.41) is 0. The quantitative estimate of drug-likeness (QED) is 0.275. The molecule has 0 aliphatic rings. The van der Waals surface area contributed by atoms with Crippen LogP contribution < -0.4 is 0 Å². The maximum Gasteiger partial charge on any atom is 0.169 e. The zero-order chi connectivity index (χ0) is 14.1. The fraction of sp³-hybridized carbons (Fsp3) is 0.294. The van der Waals surface area contributed by atoms with E-state index in [9.17, 15) is 0 Å². The molecule has 0 N–H and O–H groups in total. The first-order chi connectivity index (χ1) is 9.18. The molecular weight excluding hydrogens is 254 g/mol. The van der Waals surface area contributed by atoms with Crippen LogP contribution in [0.1, 0.15) is 5.56 Å².